The molecule has 1 aliphatic rings. The lowest BCUT2D eigenvalue weighted by Gasteiger charge is -2.34. The molecule has 0 radical (unpaired) electrons. The van der Waals surface area contributed by atoms with Gasteiger partial charge in [0.25, 0.3) is 5.91 Å². The zero-order valence-electron chi connectivity index (χ0n) is 11.7. The summed E-state index contributed by atoms with van der Waals surface area (Å²) in [6.45, 7) is 6.89. The summed E-state index contributed by atoms with van der Waals surface area (Å²) in [7, 11) is 0. The largest absolute Gasteiger partial charge is 0.508 e. The van der Waals surface area contributed by atoms with E-state index in [0.717, 1.165) is 12.1 Å². The maximum absolute atomic E-state index is 12.4. The Morgan fingerprint density at radius 1 is 1.42 bits per heavy atom. The number of carbonyl (C=O) groups is 1. The van der Waals surface area contributed by atoms with Crippen LogP contribution < -0.4 is 9.64 Å². The molecule has 4 heteroatoms. The van der Waals surface area contributed by atoms with Gasteiger partial charge in [-0.2, -0.15) is 0 Å². The van der Waals surface area contributed by atoms with E-state index in [1.807, 2.05) is 6.92 Å². The fraction of sp³-hybridized carbons (Fsp3) is 0.533. The molecule has 1 unspecified atom stereocenters. The van der Waals surface area contributed by atoms with E-state index in [1.165, 1.54) is 0 Å². The smallest absolute Gasteiger partial charge is 0.268 e. The predicted molar refractivity (Wildman–Crippen MR) is 74.6 cm³/mol. The van der Waals surface area contributed by atoms with Crippen LogP contribution >= 0.6 is 0 Å². The summed E-state index contributed by atoms with van der Waals surface area (Å²) in [5, 5.41) is 9.53. The number of aromatic hydroxyl groups is 1. The number of fused-ring (bicyclic) bond motifs is 1. The Balaban J connectivity index is 2.31. The van der Waals surface area contributed by atoms with Crippen LogP contribution in [-0.4, -0.2) is 23.7 Å². The van der Waals surface area contributed by atoms with E-state index in [0.29, 0.717) is 24.6 Å². The van der Waals surface area contributed by atoms with Crippen molar-refractivity contribution in [3.05, 3.63) is 18.2 Å². The van der Waals surface area contributed by atoms with Crippen LogP contribution in [-0.2, 0) is 4.79 Å². The normalized spacial score (nSPS) is 18.4. The molecule has 1 amide bonds. The molecule has 1 heterocycles. The second-order valence-corrected chi connectivity index (χ2v) is 5.34. The fourth-order valence-corrected chi connectivity index (χ4v) is 2.19. The molecule has 19 heavy (non-hydrogen) atoms. The number of benzene rings is 1. The molecule has 1 N–H and O–H groups in total. The van der Waals surface area contributed by atoms with Gasteiger partial charge in [-0.05, 0) is 30.9 Å². The number of hydrogen-bond donors (Lipinski definition) is 1. The first-order valence-corrected chi connectivity index (χ1v) is 6.84. The lowest BCUT2D eigenvalue weighted by Crippen LogP contribution is -2.46. The van der Waals surface area contributed by atoms with Gasteiger partial charge in [-0.15, -0.1) is 0 Å². The van der Waals surface area contributed by atoms with Gasteiger partial charge in [0.2, 0.25) is 0 Å². The Hall–Kier alpha value is -1.71. The molecule has 0 spiro atoms. The van der Waals surface area contributed by atoms with Crippen LogP contribution in [0.25, 0.3) is 0 Å². The molecule has 0 aliphatic carbocycles. The van der Waals surface area contributed by atoms with Gasteiger partial charge in [-0.1, -0.05) is 20.8 Å². The summed E-state index contributed by atoms with van der Waals surface area (Å²) < 4.78 is 5.66. The predicted octanol–water partition coefficient (Wildman–Crippen LogP) is 2.94. The van der Waals surface area contributed by atoms with Crippen molar-refractivity contribution in [2.75, 3.05) is 11.4 Å². The van der Waals surface area contributed by atoms with Gasteiger partial charge >= 0.3 is 0 Å². The molecule has 4 nitrogen and oxygen atoms in total. The topological polar surface area (TPSA) is 49.8 Å². The van der Waals surface area contributed by atoms with Crippen molar-refractivity contribution in [1.82, 2.24) is 0 Å². The summed E-state index contributed by atoms with van der Waals surface area (Å²) >= 11 is 0. The molecule has 0 bridgehead atoms. The lowest BCUT2D eigenvalue weighted by molar-refractivity contribution is -0.126. The number of rotatable bonds is 4. The van der Waals surface area contributed by atoms with Crippen molar-refractivity contribution in [3.8, 4) is 11.5 Å². The summed E-state index contributed by atoms with van der Waals surface area (Å²) in [4.78, 5) is 14.1. The Morgan fingerprint density at radius 2 is 2.16 bits per heavy atom. The molecule has 0 aromatic heterocycles. The average Bonchev–Trinajstić information content (AvgIpc) is 2.37. The summed E-state index contributed by atoms with van der Waals surface area (Å²) in [5.41, 5.74) is 0.758. The van der Waals surface area contributed by atoms with E-state index in [4.69, 9.17) is 4.74 Å². The minimum Gasteiger partial charge on any atom is -0.508 e. The molecule has 0 saturated heterocycles. The van der Waals surface area contributed by atoms with E-state index in [9.17, 15) is 9.90 Å². The third-order valence-corrected chi connectivity index (χ3v) is 3.35. The highest BCUT2D eigenvalue weighted by Gasteiger charge is 2.33. The minimum absolute atomic E-state index is 0.0151. The second-order valence-electron chi connectivity index (χ2n) is 5.34. The molecular formula is C15H21NO3. The quantitative estimate of drug-likeness (QED) is 0.908. The van der Waals surface area contributed by atoms with Crippen molar-refractivity contribution in [2.45, 2.75) is 39.7 Å². The van der Waals surface area contributed by atoms with Crippen LogP contribution in [0.1, 0.15) is 33.6 Å². The van der Waals surface area contributed by atoms with Crippen LogP contribution in [0.3, 0.4) is 0 Å². The number of anilines is 1. The molecule has 1 aliphatic heterocycles. The van der Waals surface area contributed by atoms with Gasteiger partial charge in [-0.25, -0.2) is 0 Å². The third-order valence-electron chi connectivity index (χ3n) is 3.35. The summed E-state index contributed by atoms with van der Waals surface area (Å²) in [6.07, 6.45) is 1.13. The maximum atomic E-state index is 12.4. The standard InChI is InChI=1S/C15H21NO3/c1-4-13-15(18)16(8-7-10(2)3)12-6-5-11(17)9-14(12)19-13/h5-6,9-10,13,17H,4,7-8H2,1-3H3. The van der Waals surface area contributed by atoms with Gasteiger partial charge in [0.05, 0.1) is 5.69 Å². The van der Waals surface area contributed by atoms with Crippen LogP contribution in [0.2, 0.25) is 0 Å². The monoisotopic (exact) mass is 263 g/mol. The van der Waals surface area contributed by atoms with Crippen molar-refractivity contribution in [1.29, 1.82) is 0 Å². The number of amides is 1. The van der Waals surface area contributed by atoms with Crippen LogP contribution in [0.5, 0.6) is 11.5 Å². The third kappa shape index (κ3) is 2.83. The van der Waals surface area contributed by atoms with Gasteiger partial charge < -0.3 is 14.7 Å². The summed E-state index contributed by atoms with van der Waals surface area (Å²) in [6, 6.07) is 4.91. The SMILES string of the molecule is CCC1Oc2cc(O)ccc2N(CCC(C)C)C1=O. The van der Waals surface area contributed by atoms with Crippen LogP contribution in [0, 0.1) is 5.92 Å². The van der Waals surface area contributed by atoms with Crippen molar-refractivity contribution in [3.63, 3.8) is 0 Å². The summed E-state index contributed by atoms with van der Waals surface area (Å²) in [5.74, 6) is 1.31. The average molecular weight is 263 g/mol. The molecule has 0 fully saturated rings. The Labute approximate surface area is 114 Å². The highest BCUT2D eigenvalue weighted by Crippen LogP contribution is 2.37. The lowest BCUT2D eigenvalue weighted by atomic mass is 10.1. The minimum atomic E-state index is -0.443. The first kappa shape index (κ1) is 13.7. The Kier molecular flexibility index (Phi) is 3.98. The van der Waals surface area contributed by atoms with Crippen LogP contribution in [0.15, 0.2) is 18.2 Å². The van der Waals surface area contributed by atoms with Crippen molar-refractivity contribution >= 4 is 11.6 Å². The number of carbonyl (C=O) groups excluding carboxylic acids is 1. The van der Waals surface area contributed by atoms with E-state index in [1.54, 1.807) is 23.1 Å². The number of hydrogen-bond acceptors (Lipinski definition) is 3. The van der Waals surface area contributed by atoms with Crippen LogP contribution in [0.4, 0.5) is 5.69 Å². The zero-order chi connectivity index (χ0) is 14.0. The molecule has 1 atom stereocenters. The maximum Gasteiger partial charge on any atom is 0.268 e. The molecule has 1 aromatic rings. The molecule has 1 aromatic carbocycles. The molecule has 2 rings (SSSR count). The van der Waals surface area contributed by atoms with Crippen molar-refractivity contribution < 1.29 is 14.6 Å². The fourth-order valence-electron chi connectivity index (χ4n) is 2.19. The van der Waals surface area contributed by atoms with E-state index in [-0.39, 0.29) is 11.7 Å². The Bertz CT molecular complexity index is 470. The van der Waals surface area contributed by atoms with E-state index >= 15 is 0 Å². The Morgan fingerprint density at radius 3 is 2.79 bits per heavy atom. The molecular weight excluding hydrogens is 242 g/mol. The van der Waals surface area contributed by atoms with Gasteiger partial charge in [0.15, 0.2) is 6.10 Å². The number of phenols is 1. The van der Waals surface area contributed by atoms with Gasteiger partial charge in [0, 0.05) is 12.6 Å². The zero-order valence-corrected chi connectivity index (χ0v) is 11.7. The number of phenolic OH excluding ortho intramolecular Hbond substituents is 1. The van der Waals surface area contributed by atoms with Gasteiger partial charge in [0.1, 0.15) is 11.5 Å². The first-order valence-electron chi connectivity index (χ1n) is 6.84. The second kappa shape index (κ2) is 5.51. The number of ether oxygens (including phenoxy) is 1. The van der Waals surface area contributed by atoms with Gasteiger partial charge in [-0.3, -0.25) is 4.79 Å². The first-order chi connectivity index (χ1) is 9.02. The molecule has 0 saturated carbocycles. The van der Waals surface area contributed by atoms with E-state index < -0.39 is 6.10 Å². The molecule has 104 valence electrons. The highest BCUT2D eigenvalue weighted by molar-refractivity contribution is 6.00. The number of nitrogens with zero attached hydrogens (tertiary/aromatic N) is 1. The van der Waals surface area contributed by atoms with Crippen molar-refractivity contribution in [2.24, 2.45) is 5.92 Å². The highest BCUT2D eigenvalue weighted by atomic mass is 16.5. The van der Waals surface area contributed by atoms with E-state index in [2.05, 4.69) is 13.8 Å².